The second-order valence-electron chi connectivity index (χ2n) is 6.35. The second-order valence-corrected chi connectivity index (χ2v) is 6.79. The van der Waals surface area contributed by atoms with Gasteiger partial charge >= 0.3 is 0 Å². The summed E-state index contributed by atoms with van der Waals surface area (Å²) in [5.74, 6) is 3.17. The van der Waals surface area contributed by atoms with Crippen molar-refractivity contribution in [2.24, 2.45) is 29.6 Å². The molecule has 1 rings (SSSR count). The molecule has 0 N–H and O–H groups in total. The minimum atomic E-state index is 0.574. The maximum atomic E-state index is 4.81. The molecule has 0 amide bonds. The fraction of sp³-hybridized carbons (Fsp3) is 0.750. The van der Waals surface area contributed by atoms with Gasteiger partial charge in [-0.2, -0.15) is 0 Å². The van der Waals surface area contributed by atoms with E-state index in [2.05, 4.69) is 54.5 Å². The number of allylic oxidation sites excluding steroid dienone is 3. The van der Waals surface area contributed by atoms with E-state index in [0.29, 0.717) is 29.6 Å². The lowest BCUT2D eigenvalue weighted by Gasteiger charge is -2.36. The number of hydrogen-bond donors (Lipinski definition) is 1. The van der Waals surface area contributed by atoms with Crippen molar-refractivity contribution in [3.05, 3.63) is 22.1 Å². The summed E-state index contributed by atoms with van der Waals surface area (Å²) in [5.41, 5.74) is 3.01. The molecule has 0 fully saturated rings. The Kier molecular flexibility index (Phi) is 4.95. The van der Waals surface area contributed by atoms with Crippen LogP contribution in [0.4, 0.5) is 0 Å². The summed E-state index contributed by atoms with van der Waals surface area (Å²) in [4.78, 5) is 1.26. The van der Waals surface area contributed by atoms with E-state index in [0.717, 1.165) is 0 Å². The van der Waals surface area contributed by atoms with Crippen molar-refractivity contribution < 1.29 is 0 Å². The molecule has 0 aromatic carbocycles. The van der Waals surface area contributed by atoms with Crippen LogP contribution in [0.2, 0.25) is 0 Å². The van der Waals surface area contributed by atoms with E-state index in [-0.39, 0.29) is 0 Å². The Morgan fingerprint density at radius 3 is 1.88 bits per heavy atom. The van der Waals surface area contributed by atoms with Crippen LogP contribution < -0.4 is 0 Å². The van der Waals surface area contributed by atoms with E-state index >= 15 is 0 Å². The van der Waals surface area contributed by atoms with E-state index in [1.54, 1.807) is 5.57 Å². The van der Waals surface area contributed by atoms with Gasteiger partial charge in [-0.05, 0) is 35.2 Å². The Morgan fingerprint density at radius 1 is 1.00 bits per heavy atom. The van der Waals surface area contributed by atoms with Gasteiger partial charge in [-0.3, -0.25) is 0 Å². The van der Waals surface area contributed by atoms with Gasteiger partial charge in [0.15, 0.2) is 0 Å². The van der Waals surface area contributed by atoms with Crippen LogP contribution in [0.15, 0.2) is 22.1 Å². The highest BCUT2D eigenvalue weighted by atomic mass is 32.1. The summed E-state index contributed by atoms with van der Waals surface area (Å²) in [6.45, 7) is 16.2. The highest BCUT2D eigenvalue weighted by molar-refractivity contribution is 7.84. The second kappa shape index (κ2) is 5.65. The van der Waals surface area contributed by atoms with E-state index in [1.807, 2.05) is 0 Å². The van der Waals surface area contributed by atoms with Crippen LogP contribution in [0.3, 0.4) is 0 Å². The SMILES string of the molecule is CC(C)C1=CC(C(C)C)C(C)C(C(C)C)=C1S. The number of hydrogen-bond acceptors (Lipinski definition) is 1. The largest absolute Gasteiger partial charge is 0.143 e. The molecule has 2 unspecified atom stereocenters. The molecule has 0 saturated heterocycles. The molecule has 0 bridgehead atoms. The van der Waals surface area contributed by atoms with Gasteiger partial charge in [0.25, 0.3) is 0 Å². The van der Waals surface area contributed by atoms with Gasteiger partial charge < -0.3 is 0 Å². The minimum Gasteiger partial charge on any atom is -0.143 e. The molecule has 0 heterocycles. The fourth-order valence-electron chi connectivity index (χ4n) is 3.06. The Bertz CT molecular complexity index is 331. The molecule has 0 aromatic heterocycles. The third-order valence-corrected chi connectivity index (χ3v) is 4.52. The first kappa shape index (κ1) is 14.9. The van der Waals surface area contributed by atoms with Crippen molar-refractivity contribution in [3.63, 3.8) is 0 Å². The molecule has 98 valence electrons. The minimum absolute atomic E-state index is 0.574. The fourth-order valence-corrected chi connectivity index (χ4v) is 3.85. The number of rotatable bonds is 3. The summed E-state index contributed by atoms with van der Waals surface area (Å²) in [5, 5.41) is 0. The molecular formula is C16H28S. The molecule has 17 heavy (non-hydrogen) atoms. The first-order valence-electron chi connectivity index (χ1n) is 6.92. The average molecular weight is 252 g/mol. The lowest BCUT2D eigenvalue weighted by molar-refractivity contribution is 0.344. The first-order valence-corrected chi connectivity index (χ1v) is 7.37. The summed E-state index contributed by atoms with van der Waals surface area (Å²) >= 11 is 4.81. The Balaban J connectivity index is 3.25. The molecule has 0 saturated carbocycles. The van der Waals surface area contributed by atoms with Crippen LogP contribution in [0.1, 0.15) is 48.5 Å². The zero-order chi connectivity index (χ0) is 13.3. The van der Waals surface area contributed by atoms with Crippen molar-refractivity contribution in [2.45, 2.75) is 48.5 Å². The molecule has 0 radical (unpaired) electrons. The maximum Gasteiger partial charge on any atom is 0.00691 e. The molecule has 1 heteroatoms. The molecule has 0 nitrogen and oxygen atoms in total. The molecule has 0 aliphatic heterocycles. The van der Waals surface area contributed by atoms with E-state index in [4.69, 9.17) is 12.6 Å². The van der Waals surface area contributed by atoms with Gasteiger partial charge in [0, 0.05) is 4.91 Å². The van der Waals surface area contributed by atoms with Gasteiger partial charge in [0.1, 0.15) is 0 Å². The Morgan fingerprint density at radius 2 is 1.53 bits per heavy atom. The average Bonchev–Trinajstić information content (AvgIpc) is 2.15. The van der Waals surface area contributed by atoms with Gasteiger partial charge in [-0.15, -0.1) is 12.6 Å². The van der Waals surface area contributed by atoms with Gasteiger partial charge in [-0.1, -0.05) is 60.1 Å². The highest BCUT2D eigenvalue weighted by Gasteiger charge is 2.31. The van der Waals surface area contributed by atoms with Crippen LogP contribution in [-0.4, -0.2) is 0 Å². The van der Waals surface area contributed by atoms with Crippen molar-refractivity contribution in [1.82, 2.24) is 0 Å². The predicted molar refractivity (Wildman–Crippen MR) is 81.3 cm³/mol. The summed E-state index contributed by atoms with van der Waals surface area (Å²) < 4.78 is 0. The van der Waals surface area contributed by atoms with Crippen LogP contribution >= 0.6 is 12.6 Å². The van der Waals surface area contributed by atoms with Crippen molar-refractivity contribution in [1.29, 1.82) is 0 Å². The lowest BCUT2D eigenvalue weighted by atomic mass is 9.71. The molecule has 1 aliphatic rings. The zero-order valence-corrected chi connectivity index (χ0v) is 13.3. The Hall–Kier alpha value is -0.170. The predicted octanol–water partition coefficient (Wildman–Crippen LogP) is 5.33. The third kappa shape index (κ3) is 2.99. The maximum absolute atomic E-state index is 4.81. The Labute approximate surface area is 113 Å². The van der Waals surface area contributed by atoms with Crippen LogP contribution in [-0.2, 0) is 0 Å². The van der Waals surface area contributed by atoms with E-state index < -0.39 is 0 Å². The molecule has 1 aliphatic carbocycles. The monoisotopic (exact) mass is 252 g/mol. The highest BCUT2D eigenvalue weighted by Crippen LogP contribution is 2.43. The van der Waals surface area contributed by atoms with Gasteiger partial charge in [-0.25, -0.2) is 0 Å². The van der Waals surface area contributed by atoms with Crippen molar-refractivity contribution in [3.8, 4) is 0 Å². The molecule has 2 atom stereocenters. The molecular weight excluding hydrogens is 224 g/mol. The zero-order valence-electron chi connectivity index (χ0n) is 12.4. The molecule has 0 spiro atoms. The smallest absolute Gasteiger partial charge is 0.00691 e. The van der Waals surface area contributed by atoms with Gasteiger partial charge in [0.2, 0.25) is 0 Å². The van der Waals surface area contributed by atoms with Crippen molar-refractivity contribution in [2.75, 3.05) is 0 Å². The van der Waals surface area contributed by atoms with Crippen molar-refractivity contribution >= 4 is 12.6 Å². The van der Waals surface area contributed by atoms with E-state index in [1.165, 1.54) is 10.5 Å². The number of thiol groups is 1. The van der Waals surface area contributed by atoms with E-state index in [9.17, 15) is 0 Å². The van der Waals surface area contributed by atoms with Crippen LogP contribution in [0.5, 0.6) is 0 Å². The summed E-state index contributed by atoms with van der Waals surface area (Å²) in [7, 11) is 0. The summed E-state index contributed by atoms with van der Waals surface area (Å²) in [6.07, 6.45) is 2.48. The standard InChI is InChI=1S/C16H28S/c1-9(2)13-8-14(10(3)4)16(17)15(11(5)6)12(13)7/h8-13,17H,1-7H3. The van der Waals surface area contributed by atoms with Crippen LogP contribution in [0.25, 0.3) is 0 Å². The normalized spacial score (nSPS) is 26.2. The quantitative estimate of drug-likeness (QED) is 0.645. The summed E-state index contributed by atoms with van der Waals surface area (Å²) in [6, 6.07) is 0. The van der Waals surface area contributed by atoms with Gasteiger partial charge in [0.05, 0.1) is 0 Å². The third-order valence-electron chi connectivity index (χ3n) is 4.00. The topological polar surface area (TPSA) is 0 Å². The lowest BCUT2D eigenvalue weighted by Crippen LogP contribution is -2.25. The first-order chi connectivity index (χ1) is 7.77. The van der Waals surface area contributed by atoms with Crippen LogP contribution in [0, 0.1) is 29.6 Å². The molecule has 0 aromatic rings.